The van der Waals surface area contributed by atoms with Gasteiger partial charge in [0.2, 0.25) is 11.8 Å². The summed E-state index contributed by atoms with van der Waals surface area (Å²) in [6.07, 6.45) is 4.08. The van der Waals surface area contributed by atoms with E-state index in [0.717, 1.165) is 19.3 Å². The van der Waals surface area contributed by atoms with Gasteiger partial charge in [-0.25, -0.2) is 4.39 Å². The number of hydrazine groups is 1. The second-order valence-corrected chi connectivity index (χ2v) is 7.22. The van der Waals surface area contributed by atoms with Crippen LogP contribution in [0.2, 0.25) is 0 Å². The highest BCUT2D eigenvalue weighted by Crippen LogP contribution is 2.25. The van der Waals surface area contributed by atoms with Crippen LogP contribution in [0.15, 0.2) is 24.3 Å². The molecule has 0 radical (unpaired) electrons. The summed E-state index contributed by atoms with van der Waals surface area (Å²) in [5.41, 5.74) is 5.38. The highest BCUT2D eigenvalue weighted by molar-refractivity contribution is 5.92. The molecule has 0 bridgehead atoms. The van der Waals surface area contributed by atoms with E-state index >= 15 is 0 Å². The Labute approximate surface area is 157 Å². The third kappa shape index (κ3) is 5.50. The van der Waals surface area contributed by atoms with Gasteiger partial charge in [0.1, 0.15) is 5.82 Å². The molecule has 2 fully saturated rings. The Bertz CT molecular complexity index is 700. The topological polar surface area (TPSA) is 90.5 Å². The van der Waals surface area contributed by atoms with Gasteiger partial charge in [0.15, 0.2) is 0 Å². The summed E-state index contributed by atoms with van der Waals surface area (Å²) in [5.74, 6) is -1.04. The normalized spacial score (nSPS) is 18.4. The predicted molar refractivity (Wildman–Crippen MR) is 97.8 cm³/mol. The number of amides is 3. The van der Waals surface area contributed by atoms with Crippen LogP contribution < -0.4 is 16.2 Å². The van der Waals surface area contributed by atoms with E-state index in [1.54, 1.807) is 12.1 Å². The number of halogens is 1. The summed E-state index contributed by atoms with van der Waals surface area (Å²) in [4.78, 5) is 37.9. The zero-order valence-electron chi connectivity index (χ0n) is 15.2. The van der Waals surface area contributed by atoms with E-state index in [4.69, 9.17) is 0 Å². The van der Waals surface area contributed by atoms with Crippen molar-refractivity contribution >= 4 is 23.4 Å². The van der Waals surface area contributed by atoms with Gasteiger partial charge in [-0.3, -0.25) is 30.1 Å². The van der Waals surface area contributed by atoms with Crippen LogP contribution in [-0.4, -0.2) is 42.3 Å². The number of benzene rings is 1. The van der Waals surface area contributed by atoms with Gasteiger partial charge >= 0.3 is 0 Å². The fraction of sp³-hybridized carbons (Fsp3) is 0.526. The molecule has 146 valence electrons. The summed E-state index contributed by atoms with van der Waals surface area (Å²) in [5, 5.41) is 2.74. The number of rotatable bonds is 5. The molecular weight excluding hydrogens is 351 g/mol. The monoisotopic (exact) mass is 376 g/mol. The quantitative estimate of drug-likeness (QED) is 0.678. The average Bonchev–Trinajstić information content (AvgIpc) is 2.59. The number of hydrogen-bond acceptors (Lipinski definition) is 4. The van der Waals surface area contributed by atoms with Gasteiger partial charge in [0, 0.05) is 17.5 Å². The first-order valence-electron chi connectivity index (χ1n) is 9.39. The lowest BCUT2D eigenvalue weighted by Crippen LogP contribution is -2.50. The molecule has 27 heavy (non-hydrogen) atoms. The van der Waals surface area contributed by atoms with Crippen LogP contribution in [0.4, 0.5) is 10.1 Å². The first kappa shape index (κ1) is 19.3. The second-order valence-electron chi connectivity index (χ2n) is 7.22. The lowest BCUT2D eigenvalue weighted by atomic mass is 9.85. The highest BCUT2D eigenvalue weighted by atomic mass is 19.1. The lowest BCUT2D eigenvalue weighted by molar-refractivity contribution is -0.133. The van der Waals surface area contributed by atoms with Crippen molar-refractivity contribution in [1.82, 2.24) is 15.8 Å². The van der Waals surface area contributed by atoms with Crippen LogP contribution in [0.25, 0.3) is 0 Å². The minimum absolute atomic E-state index is 0.0256. The van der Waals surface area contributed by atoms with E-state index in [-0.39, 0.29) is 36.1 Å². The molecule has 1 aromatic carbocycles. The Hall–Kier alpha value is -2.48. The Morgan fingerprint density at radius 3 is 2.33 bits per heavy atom. The number of anilines is 1. The fourth-order valence-electron chi connectivity index (χ4n) is 3.31. The van der Waals surface area contributed by atoms with Crippen molar-refractivity contribution in [2.75, 3.05) is 25.0 Å². The lowest BCUT2D eigenvalue weighted by Gasteiger charge is -2.31. The second kappa shape index (κ2) is 8.94. The van der Waals surface area contributed by atoms with Crippen LogP contribution in [0.1, 0.15) is 32.1 Å². The number of hydrogen-bond donors (Lipinski definition) is 3. The number of likely N-dealkylation sites (tertiary alicyclic amines) is 1. The van der Waals surface area contributed by atoms with Gasteiger partial charge in [0.05, 0.1) is 6.54 Å². The number of carbonyl (C=O) groups is 3. The number of carbonyl (C=O) groups excluding carboxylic acids is 3. The molecule has 3 N–H and O–H groups in total. The van der Waals surface area contributed by atoms with Crippen LogP contribution >= 0.6 is 0 Å². The molecule has 0 atom stereocenters. The molecule has 8 heteroatoms. The van der Waals surface area contributed by atoms with Crippen molar-refractivity contribution in [3.63, 3.8) is 0 Å². The van der Waals surface area contributed by atoms with Crippen molar-refractivity contribution in [3.8, 4) is 0 Å². The van der Waals surface area contributed by atoms with E-state index in [9.17, 15) is 18.8 Å². The fourth-order valence-corrected chi connectivity index (χ4v) is 3.31. The van der Waals surface area contributed by atoms with Gasteiger partial charge in [-0.1, -0.05) is 12.5 Å². The molecule has 1 aliphatic heterocycles. The predicted octanol–water partition coefficient (Wildman–Crippen LogP) is 1.42. The first-order chi connectivity index (χ1) is 13.0. The maximum Gasteiger partial charge on any atom is 0.252 e. The molecule has 1 saturated heterocycles. The van der Waals surface area contributed by atoms with E-state index in [0.29, 0.717) is 31.6 Å². The Balaban J connectivity index is 1.36. The SMILES string of the molecule is O=C(CN1CCC(C(=O)Nc2cccc(F)c2)CC1)NNC(=O)C1CCC1. The Morgan fingerprint density at radius 2 is 1.70 bits per heavy atom. The van der Waals surface area contributed by atoms with Crippen molar-refractivity contribution < 1.29 is 18.8 Å². The number of nitrogens with zero attached hydrogens (tertiary/aromatic N) is 1. The van der Waals surface area contributed by atoms with Crippen LogP contribution in [0.5, 0.6) is 0 Å². The maximum absolute atomic E-state index is 13.2. The van der Waals surface area contributed by atoms with E-state index in [2.05, 4.69) is 16.2 Å². The number of nitrogens with one attached hydrogen (secondary N) is 3. The molecule has 3 rings (SSSR count). The van der Waals surface area contributed by atoms with Gasteiger partial charge in [0.25, 0.3) is 5.91 Å². The highest BCUT2D eigenvalue weighted by Gasteiger charge is 2.27. The molecule has 7 nitrogen and oxygen atoms in total. The summed E-state index contributed by atoms with van der Waals surface area (Å²) in [7, 11) is 0. The van der Waals surface area contributed by atoms with E-state index < -0.39 is 5.82 Å². The Morgan fingerprint density at radius 1 is 1.00 bits per heavy atom. The van der Waals surface area contributed by atoms with Crippen molar-refractivity contribution in [2.45, 2.75) is 32.1 Å². The third-order valence-corrected chi connectivity index (χ3v) is 5.22. The molecule has 1 aromatic rings. The van der Waals surface area contributed by atoms with Crippen molar-refractivity contribution in [3.05, 3.63) is 30.1 Å². The molecule has 1 saturated carbocycles. The van der Waals surface area contributed by atoms with Crippen LogP contribution in [0.3, 0.4) is 0 Å². The Kier molecular flexibility index (Phi) is 6.39. The minimum atomic E-state index is -0.391. The molecule has 3 amide bonds. The van der Waals surface area contributed by atoms with Crippen LogP contribution in [0, 0.1) is 17.7 Å². The van der Waals surface area contributed by atoms with Crippen molar-refractivity contribution in [2.24, 2.45) is 11.8 Å². The van der Waals surface area contributed by atoms with Gasteiger partial charge in [-0.2, -0.15) is 0 Å². The molecular formula is C19H25FN4O3. The molecule has 0 spiro atoms. The zero-order chi connectivity index (χ0) is 19.2. The van der Waals surface area contributed by atoms with Crippen molar-refractivity contribution in [1.29, 1.82) is 0 Å². The standard InChI is InChI=1S/C19H25FN4O3/c20-15-5-2-6-16(11-15)21-18(26)14-7-9-24(10-8-14)12-17(25)22-23-19(27)13-3-1-4-13/h2,5-6,11,13-14H,1,3-4,7-10,12H2,(H,21,26)(H,22,25)(H,23,27). The van der Waals surface area contributed by atoms with E-state index in [1.165, 1.54) is 12.1 Å². The molecule has 0 unspecified atom stereocenters. The third-order valence-electron chi connectivity index (χ3n) is 5.22. The largest absolute Gasteiger partial charge is 0.326 e. The maximum atomic E-state index is 13.2. The zero-order valence-corrected chi connectivity index (χ0v) is 15.2. The summed E-state index contributed by atoms with van der Waals surface area (Å²) in [6, 6.07) is 5.82. The summed E-state index contributed by atoms with van der Waals surface area (Å²) >= 11 is 0. The molecule has 2 aliphatic rings. The van der Waals surface area contributed by atoms with Gasteiger partial charge in [-0.05, 0) is 57.0 Å². The molecule has 1 heterocycles. The average molecular weight is 376 g/mol. The van der Waals surface area contributed by atoms with Gasteiger partial charge in [-0.15, -0.1) is 0 Å². The first-order valence-corrected chi connectivity index (χ1v) is 9.39. The van der Waals surface area contributed by atoms with Crippen LogP contribution in [-0.2, 0) is 14.4 Å². The van der Waals surface area contributed by atoms with Gasteiger partial charge < -0.3 is 5.32 Å². The molecule has 0 aromatic heterocycles. The minimum Gasteiger partial charge on any atom is -0.326 e. The molecule has 1 aliphatic carbocycles. The van der Waals surface area contributed by atoms with E-state index in [1.807, 2.05) is 4.90 Å². The number of piperidine rings is 1. The summed E-state index contributed by atoms with van der Waals surface area (Å²) < 4.78 is 13.2. The smallest absolute Gasteiger partial charge is 0.252 e. The summed E-state index contributed by atoms with van der Waals surface area (Å²) in [6.45, 7) is 1.42.